The molecule has 0 aliphatic carbocycles. The van der Waals surface area contributed by atoms with Crippen molar-refractivity contribution in [3.8, 4) is 0 Å². The number of esters is 1. The molecule has 21 heavy (non-hydrogen) atoms. The molecule has 1 aliphatic rings. The molecule has 124 valence electrons. The van der Waals surface area contributed by atoms with E-state index in [-0.39, 0.29) is 5.97 Å². The van der Waals surface area contributed by atoms with Gasteiger partial charge in [-0.3, -0.25) is 9.69 Å². The van der Waals surface area contributed by atoms with Crippen molar-refractivity contribution in [2.45, 2.75) is 51.6 Å². The number of carbonyl (C=O) groups is 1. The van der Waals surface area contributed by atoms with E-state index in [2.05, 4.69) is 36.0 Å². The molecule has 0 saturated carbocycles. The van der Waals surface area contributed by atoms with Gasteiger partial charge in [-0.25, -0.2) is 0 Å². The van der Waals surface area contributed by atoms with Crippen LogP contribution in [0.3, 0.4) is 0 Å². The number of likely N-dealkylation sites (N-methyl/N-ethyl adjacent to an activating group) is 2. The fraction of sp³-hybridized carbons (Fsp3) is 0.938. The molecule has 0 aromatic heterocycles. The molecule has 2 atom stereocenters. The second-order valence-electron chi connectivity index (χ2n) is 6.37. The van der Waals surface area contributed by atoms with E-state index in [1.807, 2.05) is 6.92 Å². The average molecular weight is 299 g/mol. The van der Waals surface area contributed by atoms with Gasteiger partial charge in [-0.1, -0.05) is 13.8 Å². The minimum absolute atomic E-state index is 0.179. The van der Waals surface area contributed by atoms with Crippen LogP contribution in [0.5, 0.6) is 0 Å². The van der Waals surface area contributed by atoms with Gasteiger partial charge in [0.1, 0.15) is 5.54 Å². The number of ether oxygens (including phenoxy) is 1. The Morgan fingerprint density at radius 1 is 1.48 bits per heavy atom. The first-order chi connectivity index (χ1) is 9.96. The maximum atomic E-state index is 12.1. The smallest absolute Gasteiger partial charge is 0.327 e. The molecule has 2 unspecified atom stereocenters. The van der Waals surface area contributed by atoms with Crippen molar-refractivity contribution in [1.82, 2.24) is 15.1 Å². The van der Waals surface area contributed by atoms with Gasteiger partial charge < -0.3 is 15.0 Å². The van der Waals surface area contributed by atoms with Crippen LogP contribution in [0.25, 0.3) is 0 Å². The van der Waals surface area contributed by atoms with Crippen LogP contribution in [0.2, 0.25) is 0 Å². The summed E-state index contributed by atoms with van der Waals surface area (Å²) in [6.45, 7) is 11.1. The Morgan fingerprint density at radius 2 is 2.19 bits per heavy atom. The van der Waals surface area contributed by atoms with Gasteiger partial charge >= 0.3 is 5.97 Å². The van der Waals surface area contributed by atoms with E-state index in [0.29, 0.717) is 12.6 Å². The summed E-state index contributed by atoms with van der Waals surface area (Å²) in [6, 6.07) is 0.619. The quantitative estimate of drug-likeness (QED) is 0.651. The van der Waals surface area contributed by atoms with Crippen molar-refractivity contribution in [1.29, 1.82) is 0 Å². The number of nitrogens with zero attached hydrogens (tertiary/aromatic N) is 2. The van der Waals surface area contributed by atoms with Crippen molar-refractivity contribution in [3.63, 3.8) is 0 Å². The second kappa shape index (κ2) is 8.71. The fourth-order valence-corrected chi connectivity index (χ4v) is 3.30. The maximum absolute atomic E-state index is 12.1. The van der Waals surface area contributed by atoms with Crippen LogP contribution in [0.1, 0.15) is 40.0 Å². The predicted molar refractivity (Wildman–Crippen MR) is 86.5 cm³/mol. The molecule has 1 fully saturated rings. The van der Waals surface area contributed by atoms with Gasteiger partial charge in [0.25, 0.3) is 0 Å². The summed E-state index contributed by atoms with van der Waals surface area (Å²) in [7, 11) is 3.56. The van der Waals surface area contributed by atoms with Crippen LogP contribution in [0.15, 0.2) is 0 Å². The molecule has 0 bridgehead atoms. The van der Waals surface area contributed by atoms with Crippen LogP contribution in [-0.4, -0.2) is 74.2 Å². The monoisotopic (exact) mass is 299 g/mol. The standard InChI is InChI=1S/C16H33N3O2/c1-6-10-17-16(3,15(20)21-5)13-18(4)12-14-9-8-11-19(14)7-2/h14,17H,6-13H2,1-5H3. The summed E-state index contributed by atoms with van der Waals surface area (Å²) in [5.74, 6) is -0.179. The first-order valence-electron chi connectivity index (χ1n) is 8.22. The molecule has 5 nitrogen and oxygen atoms in total. The van der Waals surface area contributed by atoms with E-state index in [1.54, 1.807) is 0 Å². The summed E-state index contributed by atoms with van der Waals surface area (Å²) < 4.78 is 4.99. The third-order valence-electron chi connectivity index (χ3n) is 4.41. The Balaban J connectivity index is 2.58. The molecule has 0 aromatic rings. The van der Waals surface area contributed by atoms with Gasteiger partial charge in [0, 0.05) is 19.1 Å². The largest absolute Gasteiger partial charge is 0.468 e. The molecule has 1 heterocycles. The summed E-state index contributed by atoms with van der Waals surface area (Å²) in [5.41, 5.74) is -0.630. The second-order valence-corrected chi connectivity index (χ2v) is 6.37. The molecule has 0 amide bonds. The van der Waals surface area contributed by atoms with E-state index in [1.165, 1.54) is 26.5 Å². The highest BCUT2D eigenvalue weighted by Gasteiger charge is 2.36. The Bertz CT molecular complexity index is 325. The Morgan fingerprint density at radius 3 is 2.76 bits per heavy atom. The fourth-order valence-electron chi connectivity index (χ4n) is 3.30. The minimum Gasteiger partial charge on any atom is -0.468 e. The molecular weight excluding hydrogens is 266 g/mol. The minimum atomic E-state index is -0.630. The number of hydrogen-bond acceptors (Lipinski definition) is 5. The molecule has 1 rings (SSSR count). The number of methoxy groups -OCH3 is 1. The van der Waals surface area contributed by atoms with Crippen LogP contribution in [0, 0.1) is 0 Å². The van der Waals surface area contributed by atoms with Crippen molar-refractivity contribution in [2.75, 3.05) is 46.9 Å². The average Bonchev–Trinajstić information content (AvgIpc) is 2.91. The van der Waals surface area contributed by atoms with E-state index in [9.17, 15) is 4.79 Å². The highest BCUT2D eigenvalue weighted by atomic mass is 16.5. The zero-order valence-corrected chi connectivity index (χ0v) is 14.4. The van der Waals surface area contributed by atoms with Gasteiger partial charge in [-0.05, 0) is 52.9 Å². The summed E-state index contributed by atoms with van der Waals surface area (Å²) in [6.07, 6.45) is 3.55. The SMILES string of the molecule is CCCNC(C)(CN(C)CC1CCCN1CC)C(=O)OC. The normalized spacial score (nSPS) is 22.5. The molecule has 1 aliphatic heterocycles. The Labute approximate surface area is 130 Å². The van der Waals surface area contributed by atoms with Crippen LogP contribution in [-0.2, 0) is 9.53 Å². The van der Waals surface area contributed by atoms with Gasteiger partial charge in [0.2, 0.25) is 0 Å². The highest BCUT2D eigenvalue weighted by molar-refractivity contribution is 5.80. The Kier molecular flexibility index (Phi) is 7.63. The third-order valence-corrected chi connectivity index (χ3v) is 4.41. The highest BCUT2D eigenvalue weighted by Crippen LogP contribution is 2.18. The number of rotatable bonds is 9. The summed E-state index contributed by atoms with van der Waals surface area (Å²) >= 11 is 0. The van der Waals surface area contributed by atoms with E-state index in [0.717, 1.165) is 26.1 Å². The lowest BCUT2D eigenvalue weighted by molar-refractivity contribution is -0.148. The number of likely N-dealkylation sites (tertiary alicyclic amines) is 1. The summed E-state index contributed by atoms with van der Waals surface area (Å²) in [5, 5.41) is 3.35. The first kappa shape index (κ1) is 18.4. The van der Waals surface area contributed by atoms with Gasteiger partial charge in [-0.2, -0.15) is 0 Å². The van der Waals surface area contributed by atoms with Crippen molar-refractivity contribution < 1.29 is 9.53 Å². The molecule has 5 heteroatoms. The maximum Gasteiger partial charge on any atom is 0.327 e. The van der Waals surface area contributed by atoms with E-state index >= 15 is 0 Å². The Hall–Kier alpha value is -0.650. The van der Waals surface area contributed by atoms with Crippen LogP contribution < -0.4 is 5.32 Å². The van der Waals surface area contributed by atoms with E-state index < -0.39 is 5.54 Å². The van der Waals surface area contributed by atoms with Crippen molar-refractivity contribution >= 4 is 5.97 Å². The lowest BCUT2D eigenvalue weighted by atomic mass is 10.0. The molecular formula is C16H33N3O2. The molecule has 1 N–H and O–H groups in total. The zero-order chi connectivity index (χ0) is 15.9. The number of carbonyl (C=O) groups excluding carboxylic acids is 1. The predicted octanol–water partition coefficient (Wildman–Crippen LogP) is 1.33. The van der Waals surface area contributed by atoms with Crippen molar-refractivity contribution in [3.05, 3.63) is 0 Å². The van der Waals surface area contributed by atoms with Gasteiger partial charge in [0.15, 0.2) is 0 Å². The van der Waals surface area contributed by atoms with Crippen molar-refractivity contribution in [2.24, 2.45) is 0 Å². The molecule has 1 saturated heterocycles. The topological polar surface area (TPSA) is 44.8 Å². The molecule has 0 aromatic carbocycles. The number of hydrogen-bond donors (Lipinski definition) is 1. The van der Waals surface area contributed by atoms with Gasteiger partial charge in [0.05, 0.1) is 7.11 Å². The van der Waals surface area contributed by atoms with Crippen LogP contribution in [0.4, 0.5) is 0 Å². The third kappa shape index (κ3) is 5.24. The van der Waals surface area contributed by atoms with Gasteiger partial charge in [-0.15, -0.1) is 0 Å². The first-order valence-corrected chi connectivity index (χ1v) is 8.22. The molecule has 0 radical (unpaired) electrons. The summed E-state index contributed by atoms with van der Waals surface area (Å²) in [4.78, 5) is 16.9. The number of nitrogens with one attached hydrogen (secondary N) is 1. The van der Waals surface area contributed by atoms with E-state index in [4.69, 9.17) is 4.74 Å². The lowest BCUT2D eigenvalue weighted by Crippen LogP contribution is -2.58. The van der Waals surface area contributed by atoms with Crippen LogP contribution >= 0.6 is 0 Å². The zero-order valence-electron chi connectivity index (χ0n) is 14.4. The lowest BCUT2D eigenvalue weighted by Gasteiger charge is -2.34. The molecule has 0 spiro atoms.